The summed E-state index contributed by atoms with van der Waals surface area (Å²) in [5.74, 6) is 0. The van der Waals surface area contributed by atoms with Crippen molar-refractivity contribution in [3.63, 3.8) is 0 Å². The molecule has 1 aliphatic heterocycles. The highest BCUT2D eigenvalue weighted by Gasteiger charge is 2.32. The maximum atomic E-state index is 6.20. The molecule has 0 amide bonds. The maximum Gasteiger partial charge on any atom is 0.0247 e. The lowest BCUT2D eigenvalue weighted by atomic mass is 9.90. The van der Waals surface area contributed by atoms with Gasteiger partial charge >= 0.3 is 0 Å². The lowest BCUT2D eigenvalue weighted by Gasteiger charge is -2.36. The van der Waals surface area contributed by atoms with E-state index in [2.05, 4.69) is 11.2 Å². The third kappa shape index (κ3) is 2.26. The van der Waals surface area contributed by atoms with Gasteiger partial charge in [0.1, 0.15) is 0 Å². The molecule has 1 saturated heterocycles. The highest BCUT2D eigenvalue weighted by atomic mass is 32.2. The van der Waals surface area contributed by atoms with E-state index in [4.69, 9.17) is 5.73 Å². The summed E-state index contributed by atoms with van der Waals surface area (Å²) in [6, 6.07) is 1.14. The minimum Gasteiger partial charge on any atom is -0.326 e. The molecule has 0 aromatic rings. The van der Waals surface area contributed by atoms with Crippen LogP contribution in [0.4, 0.5) is 0 Å². The van der Waals surface area contributed by atoms with Crippen molar-refractivity contribution in [3.8, 4) is 0 Å². The van der Waals surface area contributed by atoms with Crippen molar-refractivity contribution >= 4 is 11.8 Å². The summed E-state index contributed by atoms with van der Waals surface area (Å²) in [6.07, 6.45) is 8.91. The Kier molecular flexibility index (Phi) is 3.74. The van der Waals surface area contributed by atoms with E-state index < -0.39 is 0 Å². The van der Waals surface area contributed by atoms with Crippen molar-refractivity contribution in [2.24, 2.45) is 5.73 Å². The minimum atomic E-state index is 0.448. The van der Waals surface area contributed by atoms with Gasteiger partial charge in [-0.1, -0.05) is 12.8 Å². The summed E-state index contributed by atoms with van der Waals surface area (Å²) in [4.78, 5) is 2.64. The Balaban J connectivity index is 1.88. The fourth-order valence-corrected chi connectivity index (χ4v) is 3.52. The fraction of sp³-hybridized carbons (Fsp3) is 1.00. The van der Waals surface area contributed by atoms with Crippen LogP contribution >= 0.6 is 11.8 Å². The molecule has 0 aromatic heterocycles. The quantitative estimate of drug-likeness (QED) is 0.758. The van der Waals surface area contributed by atoms with Crippen molar-refractivity contribution in [2.75, 3.05) is 19.3 Å². The van der Waals surface area contributed by atoms with Crippen LogP contribution in [-0.2, 0) is 0 Å². The van der Waals surface area contributed by atoms with E-state index in [9.17, 15) is 0 Å². The highest BCUT2D eigenvalue weighted by Crippen LogP contribution is 2.28. The van der Waals surface area contributed by atoms with Gasteiger partial charge in [0.05, 0.1) is 0 Å². The molecule has 3 heteroatoms. The first kappa shape index (κ1) is 10.8. The summed E-state index contributed by atoms with van der Waals surface area (Å²) < 4.78 is 0. The standard InChI is InChI=1S/C11H22N2S/c1-14-9-6-7-13(8-9)11-5-3-2-4-10(11)12/h9-11H,2-8,12H2,1H3. The van der Waals surface area contributed by atoms with Crippen LogP contribution in [0.1, 0.15) is 32.1 Å². The first-order chi connectivity index (χ1) is 6.81. The van der Waals surface area contributed by atoms with Crippen LogP contribution in [0, 0.1) is 0 Å². The number of nitrogens with two attached hydrogens (primary N) is 1. The molecule has 0 aromatic carbocycles. The average Bonchev–Trinajstić information content (AvgIpc) is 2.67. The third-order valence-corrected chi connectivity index (χ3v) is 4.81. The molecule has 1 heterocycles. The maximum absolute atomic E-state index is 6.20. The summed E-state index contributed by atoms with van der Waals surface area (Å²) in [7, 11) is 0. The molecule has 0 radical (unpaired) electrons. The largest absolute Gasteiger partial charge is 0.326 e. The SMILES string of the molecule is CSC1CCN(C2CCCCC2N)C1. The van der Waals surface area contributed by atoms with Crippen molar-refractivity contribution in [3.05, 3.63) is 0 Å². The van der Waals surface area contributed by atoms with Crippen molar-refractivity contribution < 1.29 is 0 Å². The predicted molar refractivity (Wildman–Crippen MR) is 63.7 cm³/mol. The van der Waals surface area contributed by atoms with Crippen LogP contribution in [0.5, 0.6) is 0 Å². The van der Waals surface area contributed by atoms with Gasteiger partial charge in [0, 0.05) is 23.9 Å². The second kappa shape index (κ2) is 4.86. The smallest absolute Gasteiger partial charge is 0.0247 e. The van der Waals surface area contributed by atoms with Gasteiger partial charge in [-0.3, -0.25) is 4.90 Å². The molecule has 1 aliphatic carbocycles. The third-order valence-electron chi connectivity index (χ3n) is 3.76. The average molecular weight is 214 g/mol. The zero-order valence-corrected chi connectivity index (χ0v) is 9.93. The zero-order valence-electron chi connectivity index (χ0n) is 9.11. The van der Waals surface area contributed by atoms with Crippen LogP contribution in [0.25, 0.3) is 0 Å². The second-order valence-corrected chi connectivity index (χ2v) is 5.80. The molecule has 3 unspecified atom stereocenters. The Hall–Kier alpha value is 0.270. The van der Waals surface area contributed by atoms with Gasteiger partial charge in [0.15, 0.2) is 0 Å². The highest BCUT2D eigenvalue weighted by molar-refractivity contribution is 7.99. The van der Waals surface area contributed by atoms with Crippen molar-refractivity contribution in [1.82, 2.24) is 4.90 Å². The molecule has 2 rings (SSSR count). The summed E-state index contributed by atoms with van der Waals surface area (Å²) in [6.45, 7) is 2.56. The molecule has 1 saturated carbocycles. The van der Waals surface area contributed by atoms with Gasteiger partial charge in [-0.15, -0.1) is 0 Å². The molecular formula is C11H22N2S. The molecule has 0 bridgehead atoms. The number of rotatable bonds is 2. The van der Waals surface area contributed by atoms with E-state index in [0.29, 0.717) is 12.1 Å². The number of hydrogen-bond acceptors (Lipinski definition) is 3. The Bertz CT molecular complexity index is 186. The summed E-state index contributed by atoms with van der Waals surface area (Å²) in [5.41, 5.74) is 6.20. The van der Waals surface area contributed by atoms with E-state index in [1.165, 1.54) is 45.2 Å². The number of hydrogen-bond donors (Lipinski definition) is 1. The first-order valence-electron chi connectivity index (χ1n) is 5.83. The van der Waals surface area contributed by atoms with Gasteiger partial charge in [-0.25, -0.2) is 0 Å². The topological polar surface area (TPSA) is 29.3 Å². The first-order valence-corrected chi connectivity index (χ1v) is 7.12. The van der Waals surface area contributed by atoms with Crippen molar-refractivity contribution in [2.45, 2.75) is 49.4 Å². The molecule has 2 N–H and O–H groups in total. The monoisotopic (exact) mass is 214 g/mol. The zero-order chi connectivity index (χ0) is 9.97. The number of nitrogens with zero attached hydrogens (tertiary/aromatic N) is 1. The van der Waals surface area contributed by atoms with E-state index in [-0.39, 0.29) is 0 Å². The molecule has 3 atom stereocenters. The molecule has 2 nitrogen and oxygen atoms in total. The lowest BCUT2D eigenvalue weighted by molar-refractivity contribution is 0.169. The van der Waals surface area contributed by atoms with Gasteiger partial charge in [0.2, 0.25) is 0 Å². The number of likely N-dealkylation sites (tertiary alicyclic amines) is 1. The second-order valence-electron chi connectivity index (χ2n) is 4.66. The molecule has 0 spiro atoms. The Labute approximate surface area is 91.6 Å². The van der Waals surface area contributed by atoms with Gasteiger partial charge in [-0.2, -0.15) is 11.8 Å². The summed E-state index contributed by atoms with van der Waals surface area (Å²) in [5, 5.41) is 0.865. The molecular weight excluding hydrogens is 192 g/mol. The fourth-order valence-electron chi connectivity index (χ4n) is 2.84. The molecule has 14 heavy (non-hydrogen) atoms. The van der Waals surface area contributed by atoms with Crippen LogP contribution in [0.15, 0.2) is 0 Å². The van der Waals surface area contributed by atoms with Crippen molar-refractivity contribution in [1.29, 1.82) is 0 Å². The van der Waals surface area contributed by atoms with E-state index in [1.54, 1.807) is 0 Å². The van der Waals surface area contributed by atoms with E-state index in [0.717, 1.165) is 5.25 Å². The molecule has 2 aliphatic rings. The minimum absolute atomic E-state index is 0.448. The van der Waals surface area contributed by atoms with E-state index >= 15 is 0 Å². The van der Waals surface area contributed by atoms with Crippen LogP contribution in [0.2, 0.25) is 0 Å². The van der Waals surface area contributed by atoms with Gasteiger partial charge < -0.3 is 5.73 Å². The van der Waals surface area contributed by atoms with Gasteiger partial charge in [0.25, 0.3) is 0 Å². The molecule has 2 fully saturated rings. The van der Waals surface area contributed by atoms with Crippen LogP contribution in [-0.4, -0.2) is 41.6 Å². The molecule has 82 valence electrons. The Morgan fingerprint density at radius 1 is 1.21 bits per heavy atom. The van der Waals surface area contributed by atoms with Gasteiger partial charge in [-0.05, 0) is 32.1 Å². The summed E-state index contributed by atoms with van der Waals surface area (Å²) >= 11 is 2.02. The van der Waals surface area contributed by atoms with Crippen LogP contribution in [0.3, 0.4) is 0 Å². The van der Waals surface area contributed by atoms with Crippen LogP contribution < -0.4 is 5.73 Å². The van der Waals surface area contributed by atoms with E-state index in [1.807, 2.05) is 11.8 Å². The number of thioether (sulfide) groups is 1. The predicted octanol–water partition coefficient (Wildman–Crippen LogP) is 1.69. The Morgan fingerprint density at radius 3 is 2.64 bits per heavy atom. The lowest BCUT2D eigenvalue weighted by Crippen LogP contribution is -2.48. The normalized spacial score (nSPS) is 40.3. The Morgan fingerprint density at radius 2 is 2.00 bits per heavy atom.